The predicted molar refractivity (Wildman–Crippen MR) is 60.8 cm³/mol. The molecule has 1 amide bonds. The van der Waals surface area contributed by atoms with E-state index in [1.54, 1.807) is 12.1 Å². The fourth-order valence-electron chi connectivity index (χ4n) is 1.71. The molecule has 1 unspecified atom stereocenters. The number of ether oxygens (including phenoxy) is 1. The van der Waals surface area contributed by atoms with E-state index < -0.39 is 18.0 Å². The molecule has 0 aliphatic carbocycles. The van der Waals surface area contributed by atoms with Gasteiger partial charge in [0.2, 0.25) is 0 Å². The van der Waals surface area contributed by atoms with Gasteiger partial charge in [0.05, 0.1) is 24.8 Å². The lowest BCUT2D eigenvalue weighted by Gasteiger charge is -2.15. The predicted octanol–water partition coefficient (Wildman–Crippen LogP) is 0.221. The fraction of sp³-hybridized carbons (Fsp3) is 0.333. The number of aliphatic hydroxyl groups excluding tert-OH is 1. The zero-order valence-electron chi connectivity index (χ0n) is 9.83. The van der Waals surface area contributed by atoms with Crippen molar-refractivity contribution in [3.8, 4) is 0 Å². The average molecular weight is 251 g/mol. The third kappa shape index (κ3) is 2.34. The van der Waals surface area contributed by atoms with E-state index in [2.05, 4.69) is 4.74 Å². The van der Waals surface area contributed by atoms with Crippen molar-refractivity contribution in [1.82, 2.24) is 5.06 Å². The van der Waals surface area contributed by atoms with Crippen molar-refractivity contribution in [1.29, 1.82) is 0 Å². The molecule has 2 rings (SSSR count). The molecule has 1 saturated heterocycles. The number of carbonyl (C=O) groups is 2. The third-order valence-corrected chi connectivity index (χ3v) is 2.59. The van der Waals surface area contributed by atoms with Crippen LogP contribution in [0, 0.1) is 0 Å². The van der Waals surface area contributed by atoms with E-state index in [-0.39, 0.29) is 24.3 Å². The van der Waals surface area contributed by atoms with E-state index in [9.17, 15) is 14.7 Å². The maximum atomic E-state index is 12.1. The summed E-state index contributed by atoms with van der Waals surface area (Å²) >= 11 is 0. The minimum atomic E-state index is -0.695. The van der Waals surface area contributed by atoms with Gasteiger partial charge in [0, 0.05) is 0 Å². The number of benzene rings is 1. The number of amides is 1. The van der Waals surface area contributed by atoms with Crippen molar-refractivity contribution >= 4 is 11.9 Å². The van der Waals surface area contributed by atoms with E-state index in [0.717, 1.165) is 5.06 Å². The van der Waals surface area contributed by atoms with Crippen LogP contribution >= 0.6 is 0 Å². The topological polar surface area (TPSA) is 76.1 Å². The lowest BCUT2D eigenvalue weighted by molar-refractivity contribution is -0.0780. The van der Waals surface area contributed by atoms with E-state index in [1.807, 2.05) is 0 Å². The van der Waals surface area contributed by atoms with Crippen molar-refractivity contribution in [2.24, 2.45) is 0 Å². The number of hydroxylamine groups is 2. The molecule has 1 atom stereocenters. The Morgan fingerprint density at radius 1 is 1.39 bits per heavy atom. The summed E-state index contributed by atoms with van der Waals surface area (Å²) in [7, 11) is 1.25. The molecule has 1 aliphatic rings. The van der Waals surface area contributed by atoms with Gasteiger partial charge in [-0.05, 0) is 12.1 Å². The summed E-state index contributed by atoms with van der Waals surface area (Å²) in [6.07, 6.45) is -0.695. The van der Waals surface area contributed by atoms with Gasteiger partial charge in [-0.1, -0.05) is 12.1 Å². The van der Waals surface area contributed by atoms with Gasteiger partial charge in [-0.25, -0.2) is 9.86 Å². The van der Waals surface area contributed by atoms with Crippen LogP contribution in [0.25, 0.3) is 0 Å². The molecule has 6 nitrogen and oxygen atoms in total. The molecule has 0 radical (unpaired) electrons. The molecule has 1 heterocycles. The minimum absolute atomic E-state index is 0.0755. The Balaban J connectivity index is 2.27. The Bertz CT molecular complexity index is 473. The van der Waals surface area contributed by atoms with E-state index >= 15 is 0 Å². The largest absolute Gasteiger partial charge is 0.465 e. The van der Waals surface area contributed by atoms with Gasteiger partial charge < -0.3 is 9.84 Å². The molecule has 1 fully saturated rings. The highest BCUT2D eigenvalue weighted by atomic mass is 16.7. The standard InChI is InChI=1S/C12H13NO5/c1-17-12(16)10-5-3-2-4-9(10)11(15)13-6-8(14)7-18-13/h2-5,8,14H,6-7H2,1H3. The van der Waals surface area contributed by atoms with Crippen LogP contribution < -0.4 is 0 Å². The Hall–Kier alpha value is -1.92. The molecule has 96 valence electrons. The molecule has 6 heteroatoms. The molecule has 0 aromatic heterocycles. The van der Waals surface area contributed by atoms with Gasteiger partial charge in [0.25, 0.3) is 5.91 Å². The van der Waals surface area contributed by atoms with E-state index in [4.69, 9.17) is 4.84 Å². The van der Waals surface area contributed by atoms with Crippen molar-refractivity contribution in [2.75, 3.05) is 20.3 Å². The van der Waals surface area contributed by atoms with Crippen LogP contribution in [0.5, 0.6) is 0 Å². The van der Waals surface area contributed by atoms with Crippen molar-refractivity contribution in [2.45, 2.75) is 6.10 Å². The number of rotatable bonds is 2. The Morgan fingerprint density at radius 2 is 2.06 bits per heavy atom. The molecule has 0 spiro atoms. The first kappa shape index (κ1) is 12.5. The number of nitrogens with zero attached hydrogens (tertiary/aromatic N) is 1. The maximum absolute atomic E-state index is 12.1. The summed E-state index contributed by atoms with van der Waals surface area (Å²) in [5.74, 6) is -1.05. The number of esters is 1. The Morgan fingerprint density at radius 3 is 2.61 bits per heavy atom. The van der Waals surface area contributed by atoms with Crippen LogP contribution in [-0.2, 0) is 9.57 Å². The highest BCUT2D eigenvalue weighted by Crippen LogP contribution is 2.16. The number of aliphatic hydroxyl groups is 1. The molecule has 0 bridgehead atoms. The first-order valence-electron chi connectivity index (χ1n) is 5.43. The number of hydrogen-bond acceptors (Lipinski definition) is 5. The SMILES string of the molecule is COC(=O)c1ccccc1C(=O)N1CC(O)CO1. The summed E-state index contributed by atoms with van der Waals surface area (Å²) in [6.45, 7) is 0.167. The second-order valence-corrected chi connectivity index (χ2v) is 3.85. The van der Waals surface area contributed by atoms with Gasteiger partial charge in [0.1, 0.15) is 12.7 Å². The van der Waals surface area contributed by atoms with Crippen LogP contribution in [0.15, 0.2) is 24.3 Å². The van der Waals surface area contributed by atoms with Crippen molar-refractivity contribution < 1.29 is 24.3 Å². The molecule has 0 saturated carbocycles. The van der Waals surface area contributed by atoms with Gasteiger partial charge >= 0.3 is 5.97 Å². The van der Waals surface area contributed by atoms with Crippen LogP contribution in [0.1, 0.15) is 20.7 Å². The molecule has 1 aromatic carbocycles. The smallest absolute Gasteiger partial charge is 0.338 e. The molecular weight excluding hydrogens is 238 g/mol. The van der Waals surface area contributed by atoms with Gasteiger partial charge in [-0.3, -0.25) is 9.63 Å². The first-order valence-corrected chi connectivity index (χ1v) is 5.43. The second-order valence-electron chi connectivity index (χ2n) is 3.85. The first-order chi connectivity index (χ1) is 8.63. The quantitative estimate of drug-likeness (QED) is 0.761. The summed E-state index contributed by atoms with van der Waals surface area (Å²) in [5.41, 5.74) is 0.369. The summed E-state index contributed by atoms with van der Waals surface area (Å²) in [5, 5.41) is 10.4. The lowest BCUT2D eigenvalue weighted by Crippen LogP contribution is -2.29. The normalized spacial score (nSPS) is 18.8. The molecule has 18 heavy (non-hydrogen) atoms. The van der Waals surface area contributed by atoms with Gasteiger partial charge in [-0.2, -0.15) is 0 Å². The highest BCUT2D eigenvalue weighted by molar-refractivity contribution is 6.05. The Kier molecular flexibility index (Phi) is 3.59. The summed E-state index contributed by atoms with van der Waals surface area (Å²) in [4.78, 5) is 28.7. The number of β-amino-alcohol motifs (C(OH)–C–C–N with tert-alkyl or cyclic N) is 1. The zero-order chi connectivity index (χ0) is 13.1. The summed E-state index contributed by atoms with van der Waals surface area (Å²) in [6, 6.07) is 6.31. The monoisotopic (exact) mass is 251 g/mol. The molecule has 1 aliphatic heterocycles. The number of hydrogen-bond donors (Lipinski definition) is 1. The molecule has 1 N–H and O–H groups in total. The van der Waals surface area contributed by atoms with E-state index in [1.165, 1.54) is 19.2 Å². The van der Waals surface area contributed by atoms with Gasteiger partial charge in [0.15, 0.2) is 0 Å². The average Bonchev–Trinajstić information content (AvgIpc) is 2.83. The zero-order valence-corrected chi connectivity index (χ0v) is 9.83. The van der Waals surface area contributed by atoms with Crippen molar-refractivity contribution in [3.63, 3.8) is 0 Å². The Labute approximate surface area is 104 Å². The molecule has 1 aromatic rings. The van der Waals surface area contributed by atoms with Crippen LogP contribution in [0.2, 0.25) is 0 Å². The fourth-order valence-corrected chi connectivity index (χ4v) is 1.71. The highest BCUT2D eigenvalue weighted by Gasteiger charge is 2.29. The second kappa shape index (κ2) is 5.16. The molecular formula is C12H13NO5. The minimum Gasteiger partial charge on any atom is -0.465 e. The maximum Gasteiger partial charge on any atom is 0.338 e. The van der Waals surface area contributed by atoms with Crippen LogP contribution in [0.4, 0.5) is 0 Å². The lowest BCUT2D eigenvalue weighted by atomic mass is 10.1. The van der Waals surface area contributed by atoms with Crippen LogP contribution in [0.3, 0.4) is 0 Å². The van der Waals surface area contributed by atoms with Gasteiger partial charge in [-0.15, -0.1) is 0 Å². The van der Waals surface area contributed by atoms with Crippen LogP contribution in [-0.4, -0.2) is 48.4 Å². The number of methoxy groups -OCH3 is 1. The summed E-state index contributed by atoms with van der Waals surface area (Å²) < 4.78 is 4.61. The van der Waals surface area contributed by atoms with Crippen molar-refractivity contribution in [3.05, 3.63) is 35.4 Å². The van der Waals surface area contributed by atoms with E-state index in [0.29, 0.717) is 0 Å². The number of carbonyl (C=O) groups excluding carboxylic acids is 2. The third-order valence-electron chi connectivity index (χ3n) is 2.59.